The number of ether oxygens (including phenoxy) is 1. The highest BCUT2D eigenvalue weighted by Crippen LogP contribution is 2.29. The number of carbonyl (C=O) groups is 1. The molecule has 106 valence electrons. The predicted molar refractivity (Wildman–Crippen MR) is 74.5 cm³/mol. The Morgan fingerprint density at radius 2 is 1.94 bits per heavy atom. The lowest BCUT2D eigenvalue weighted by atomic mass is 9.83. The van der Waals surface area contributed by atoms with Crippen molar-refractivity contribution >= 4 is 5.97 Å². The third kappa shape index (κ3) is 5.38. The Hall–Kier alpha value is -0.570. The van der Waals surface area contributed by atoms with Crippen LogP contribution in [0, 0.1) is 11.8 Å². The number of carbonyl (C=O) groups excluding carboxylic acids is 1. The van der Waals surface area contributed by atoms with Gasteiger partial charge in [-0.2, -0.15) is 0 Å². The number of hydrogen-bond donors (Lipinski definition) is 1. The fourth-order valence-electron chi connectivity index (χ4n) is 2.60. The highest BCUT2D eigenvalue weighted by Gasteiger charge is 2.33. The van der Waals surface area contributed by atoms with E-state index in [0.29, 0.717) is 18.3 Å². The van der Waals surface area contributed by atoms with Gasteiger partial charge in [0, 0.05) is 12.3 Å². The van der Waals surface area contributed by atoms with E-state index in [1.807, 2.05) is 0 Å². The zero-order chi connectivity index (χ0) is 13.6. The number of hydrogen-bond acceptors (Lipinski definition) is 3. The van der Waals surface area contributed by atoms with Gasteiger partial charge in [-0.3, -0.25) is 4.79 Å². The maximum Gasteiger partial charge on any atom is 0.306 e. The summed E-state index contributed by atoms with van der Waals surface area (Å²) in [6.45, 7) is 10.6. The van der Waals surface area contributed by atoms with Crippen LogP contribution in [0.15, 0.2) is 0 Å². The average Bonchev–Trinajstić information content (AvgIpc) is 2.29. The molecule has 1 rings (SSSR count). The van der Waals surface area contributed by atoms with Crippen molar-refractivity contribution < 1.29 is 9.53 Å². The van der Waals surface area contributed by atoms with Gasteiger partial charge in [-0.15, -0.1) is 0 Å². The first-order valence-corrected chi connectivity index (χ1v) is 7.34. The van der Waals surface area contributed by atoms with Gasteiger partial charge in [-0.1, -0.05) is 20.3 Å². The second-order valence-electron chi connectivity index (χ2n) is 6.39. The maximum absolute atomic E-state index is 11.8. The number of rotatable bonds is 6. The van der Waals surface area contributed by atoms with Gasteiger partial charge in [-0.05, 0) is 52.1 Å². The molecule has 0 aromatic rings. The molecule has 1 saturated heterocycles. The van der Waals surface area contributed by atoms with E-state index in [4.69, 9.17) is 4.74 Å². The fourth-order valence-corrected chi connectivity index (χ4v) is 2.60. The van der Waals surface area contributed by atoms with Crippen LogP contribution in [0.3, 0.4) is 0 Å². The van der Waals surface area contributed by atoms with E-state index in [2.05, 4.69) is 33.0 Å². The molecule has 0 aromatic carbocycles. The summed E-state index contributed by atoms with van der Waals surface area (Å²) >= 11 is 0. The quantitative estimate of drug-likeness (QED) is 0.741. The number of nitrogens with one attached hydrogen (secondary N) is 1. The minimum absolute atomic E-state index is 0.0285. The lowest BCUT2D eigenvalue weighted by Crippen LogP contribution is -2.42. The summed E-state index contributed by atoms with van der Waals surface area (Å²) in [6.07, 6.45) is 4.81. The van der Waals surface area contributed by atoms with Crippen molar-refractivity contribution in [2.45, 2.75) is 65.4 Å². The summed E-state index contributed by atoms with van der Waals surface area (Å²) in [7, 11) is 0. The van der Waals surface area contributed by atoms with Crippen LogP contribution in [-0.4, -0.2) is 24.7 Å². The van der Waals surface area contributed by atoms with Crippen LogP contribution in [0.4, 0.5) is 0 Å². The molecule has 0 amide bonds. The number of esters is 1. The minimum Gasteiger partial charge on any atom is -0.459 e. The monoisotopic (exact) mass is 255 g/mol. The Balaban J connectivity index is 2.32. The van der Waals surface area contributed by atoms with Crippen LogP contribution in [0.1, 0.15) is 59.8 Å². The molecule has 0 unspecified atom stereocenters. The first-order valence-electron chi connectivity index (χ1n) is 7.34. The molecule has 18 heavy (non-hydrogen) atoms. The second kappa shape index (κ2) is 7.13. The van der Waals surface area contributed by atoms with E-state index in [1.54, 1.807) is 0 Å². The zero-order valence-electron chi connectivity index (χ0n) is 12.4. The van der Waals surface area contributed by atoms with Crippen molar-refractivity contribution in [3.63, 3.8) is 0 Å². The van der Waals surface area contributed by atoms with E-state index in [9.17, 15) is 4.79 Å². The van der Waals surface area contributed by atoms with Gasteiger partial charge in [0.05, 0.1) is 0 Å². The number of piperidine rings is 1. The van der Waals surface area contributed by atoms with Gasteiger partial charge in [0.1, 0.15) is 5.60 Å². The summed E-state index contributed by atoms with van der Waals surface area (Å²) in [5.74, 6) is 1.13. The molecule has 1 heterocycles. The van der Waals surface area contributed by atoms with Crippen LogP contribution in [0.25, 0.3) is 0 Å². The van der Waals surface area contributed by atoms with E-state index >= 15 is 0 Å². The van der Waals surface area contributed by atoms with Gasteiger partial charge < -0.3 is 10.1 Å². The largest absolute Gasteiger partial charge is 0.459 e. The third-order valence-electron chi connectivity index (χ3n) is 3.86. The highest BCUT2D eigenvalue weighted by molar-refractivity contribution is 5.69. The Labute approximate surface area is 112 Å². The summed E-state index contributed by atoms with van der Waals surface area (Å²) in [6, 6.07) is 0. The lowest BCUT2D eigenvalue weighted by molar-refractivity contribution is -0.162. The molecule has 0 saturated carbocycles. The van der Waals surface area contributed by atoms with E-state index in [1.165, 1.54) is 0 Å². The van der Waals surface area contributed by atoms with Crippen LogP contribution >= 0.6 is 0 Å². The third-order valence-corrected chi connectivity index (χ3v) is 3.86. The molecule has 1 aliphatic heterocycles. The smallest absolute Gasteiger partial charge is 0.306 e. The SMILES string of the molecule is CC(C)CCCC(=O)OC(C)(C)C1CCNCC1. The average molecular weight is 255 g/mol. The summed E-state index contributed by atoms with van der Waals surface area (Å²) in [5.41, 5.74) is -0.309. The van der Waals surface area contributed by atoms with Crippen molar-refractivity contribution in [1.29, 1.82) is 0 Å². The molecule has 3 nitrogen and oxygen atoms in total. The molecule has 0 bridgehead atoms. The Morgan fingerprint density at radius 3 is 2.50 bits per heavy atom. The normalized spacial score (nSPS) is 18.1. The lowest BCUT2D eigenvalue weighted by Gasteiger charge is -2.36. The minimum atomic E-state index is -0.309. The second-order valence-corrected chi connectivity index (χ2v) is 6.39. The first-order chi connectivity index (χ1) is 8.42. The van der Waals surface area contributed by atoms with Crippen molar-refractivity contribution in [2.24, 2.45) is 11.8 Å². The Bertz CT molecular complexity index is 255. The van der Waals surface area contributed by atoms with Gasteiger partial charge >= 0.3 is 5.97 Å². The molecule has 0 aromatic heterocycles. The molecule has 0 aliphatic carbocycles. The van der Waals surface area contributed by atoms with Crippen LogP contribution < -0.4 is 5.32 Å². The molecule has 1 aliphatic rings. The van der Waals surface area contributed by atoms with Crippen molar-refractivity contribution in [2.75, 3.05) is 13.1 Å². The molecule has 0 atom stereocenters. The van der Waals surface area contributed by atoms with Crippen molar-refractivity contribution in [3.05, 3.63) is 0 Å². The van der Waals surface area contributed by atoms with Gasteiger partial charge in [-0.25, -0.2) is 0 Å². The van der Waals surface area contributed by atoms with Gasteiger partial charge in [0.25, 0.3) is 0 Å². The zero-order valence-corrected chi connectivity index (χ0v) is 12.4. The van der Waals surface area contributed by atoms with E-state index in [0.717, 1.165) is 38.8 Å². The van der Waals surface area contributed by atoms with Crippen LogP contribution in [0.5, 0.6) is 0 Å². The van der Waals surface area contributed by atoms with Crippen molar-refractivity contribution in [1.82, 2.24) is 5.32 Å². The molecule has 1 fully saturated rings. The predicted octanol–water partition coefficient (Wildman–Crippen LogP) is 3.13. The summed E-state index contributed by atoms with van der Waals surface area (Å²) in [4.78, 5) is 11.8. The molecule has 3 heteroatoms. The standard InChI is InChI=1S/C15H29NO2/c1-12(2)6-5-7-14(17)18-15(3,4)13-8-10-16-11-9-13/h12-13,16H,5-11H2,1-4H3. The molecule has 0 radical (unpaired) electrons. The van der Waals surface area contributed by atoms with Gasteiger partial charge in [0.2, 0.25) is 0 Å². The fraction of sp³-hybridized carbons (Fsp3) is 0.933. The van der Waals surface area contributed by atoms with Crippen molar-refractivity contribution in [3.8, 4) is 0 Å². The van der Waals surface area contributed by atoms with Crippen LogP contribution in [-0.2, 0) is 9.53 Å². The summed E-state index contributed by atoms with van der Waals surface area (Å²) in [5, 5.41) is 3.35. The van der Waals surface area contributed by atoms with E-state index in [-0.39, 0.29) is 11.6 Å². The Morgan fingerprint density at radius 1 is 1.33 bits per heavy atom. The first kappa shape index (κ1) is 15.5. The van der Waals surface area contributed by atoms with E-state index < -0.39 is 0 Å². The van der Waals surface area contributed by atoms with Crippen LogP contribution in [0.2, 0.25) is 0 Å². The molecular formula is C15H29NO2. The molecule has 1 N–H and O–H groups in total. The molecular weight excluding hydrogens is 226 g/mol. The molecule has 0 spiro atoms. The maximum atomic E-state index is 11.8. The van der Waals surface area contributed by atoms with Gasteiger partial charge in [0.15, 0.2) is 0 Å². The highest BCUT2D eigenvalue weighted by atomic mass is 16.6. The topological polar surface area (TPSA) is 38.3 Å². The Kier molecular flexibility index (Phi) is 6.13. The summed E-state index contributed by atoms with van der Waals surface area (Å²) < 4.78 is 5.69.